The highest BCUT2D eigenvalue weighted by molar-refractivity contribution is 6.10. The molecule has 0 spiro atoms. The third-order valence-electron chi connectivity index (χ3n) is 11.3. The normalized spacial score (nSPS) is 17.7. The van der Waals surface area contributed by atoms with Gasteiger partial charge in [-0.25, -0.2) is 0 Å². The van der Waals surface area contributed by atoms with Gasteiger partial charge in [-0.15, -0.1) is 0 Å². The van der Waals surface area contributed by atoms with Crippen LogP contribution in [0.15, 0.2) is 158 Å². The van der Waals surface area contributed by atoms with Gasteiger partial charge in [0.15, 0.2) is 0 Å². The van der Waals surface area contributed by atoms with Crippen LogP contribution in [0.25, 0.3) is 78.1 Å². The predicted octanol–water partition coefficient (Wildman–Crippen LogP) is 9.87. The zero-order valence-electron chi connectivity index (χ0n) is 27.6. The maximum atomic E-state index is 3.92. The van der Waals surface area contributed by atoms with Gasteiger partial charge in [0.05, 0.1) is 27.9 Å². The van der Waals surface area contributed by atoms with Gasteiger partial charge in [0.2, 0.25) is 0 Å². The second-order valence-electron chi connectivity index (χ2n) is 14.1. The third kappa shape index (κ3) is 3.80. The van der Waals surface area contributed by atoms with Crippen LogP contribution in [0.4, 0.5) is 5.69 Å². The number of benzene rings is 7. The van der Waals surface area contributed by atoms with Gasteiger partial charge in [-0.1, -0.05) is 97.1 Å². The molecule has 0 bridgehead atoms. The van der Waals surface area contributed by atoms with E-state index in [9.17, 15) is 0 Å². The smallest absolute Gasteiger partial charge is 0.0584 e. The van der Waals surface area contributed by atoms with Crippen molar-refractivity contribution in [1.82, 2.24) is 9.13 Å². The molecule has 3 nitrogen and oxygen atoms in total. The Balaban J connectivity index is 1.10. The minimum Gasteiger partial charge on any atom is -0.377 e. The molecule has 2 atom stereocenters. The van der Waals surface area contributed by atoms with Gasteiger partial charge in [0, 0.05) is 43.9 Å². The van der Waals surface area contributed by atoms with Crippen LogP contribution in [0.3, 0.4) is 0 Å². The van der Waals surface area contributed by atoms with E-state index >= 15 is 0 Å². The van der Waals surface area contributed by atoms with Crippen molar-refractivity contribution in [2.75, 3.05) is 5.32 Å². The molecular formula is C47H33N3. The first-order valence-corrected chi connectivity index (χ1v) is 17.5. The first-order valence-electron chi connectivity index (χ1n) is 17.5. The summed E-state index contributed by atoms with van der Waals surface area (Å²) in [5, 5.41) is 12.8. The van der Waals surface area contributed by atoms with Gasteiger partial charge in [-0.05, 0) is 107 Å². The first-order chi connectivity index (χ1) is 24.6. The minimum absolute atomic E-state index is 0.146. The van der Waals surface area contributed by atoms with E-state index in [2.05, 4.69) is 191 Å². The molecule has 50 heavy (non-hydrogen) atoms. The molecule has 1 aliphatic heterocycles. The van der Waals surface area contributed by atoms with Gasteiger partial charge in [-0.2, -0.15) is 0 Å². The lowest BCUT2D eigenvalue weighted by molar-refractivity contribution is 0.629. The number of nitrogens with zero attached hydrogens (tertiary/aromatic N) is 2. The summed E-state index contributed by atoms with van der Waals surface area (Å²) in [6.45, 7) is 2.40. The maximum absolute atomic E-state index is 3.92. The Kier molecular flexibility index (Phi) is 5.58. The number of rotatable bonds is 3. The fourth-order valence-corrected chi connectivity index (χ4v) is 8.81. The molecule has 0 fully saturated rings. The van der Waals surface area contributed by atoms with Crippen LogP contribution in [0.2, 0.25) is 0 Å². The van der Waals surface area contributed by atoms with E-state index in [4.69, 9.17) is 0 Å². The van der Waals surface area contributed by atoms with E-state index in [1.165, 1.54) is 87.8 Å². The van der Waals surface area contributed by atoms with Crippen molar-refractivity contribution in [3.63, 3.8) is 0 Å². The molecular weight excluding hydrogens is 607 g/mol. The van der Waals surface area contributed by atoms with Crippen LogP contribution in [0, 0.1) is 0 Å². The highest BCUT2D eigenvalue weighted by atomic mass is 15.0. The van der Waals surface area contributed by atoms with Gasteiger partial charge in [0.1, 0.15) is 0 Å². The Bertz CT molecular complexity index is 2970. The summed E-state index contributed by atoms with van der Waals surface area (Å²) in [7, 11) is 0. The Labute approximate surface area is 289 Å². The number of anilines is 1. The highest BCUT2D eigenvalue weighted by Crippen LogP contribution is 2.46. The largest absolute Gasteiger partial charge is 0.377 e. The Morgan fingerprint density at radius 2 is 1.16 bits per heavy atom. The first kappa shape index (κ1) is 27.6. The number of aromatic nitrogens is 2. The molecule has 2 aromatic heterocycles. The molecule has 0 radical (unpaired) electrons. The van der Waals surface area contributed by atoms with E-state index in [1.54, 1.807) is 0 Å². The fourth-order valence-electron chi connectivity index (χ4n) is 8.81. The number of hydrogen-bond donors (Lipinski definition) is 1. The lowest BCUT2D eigenvalue weighted by Gasteiger charge is -2.29. The topological polar surface area (TPSA) is 21.9 Å². The van der Waals surface area contributed by atoms with Crippen LogP contribution in [-0.2, 0) is 5.41 Å². The molecule has 0 saturated carbocycles. The number of hydrogen-bond acceptors (Lipinski definition) is 1. The molecule has 0 amide bonds. The van der Waals surface area contributed by atoms with E-state index in [0.29, 0.717) is 0 Å². The van der Waals surface area contributed by atoms with Gasteiger partial charge < -0.3 is 14.5 Å². The molecule has 3 heteroatoms. The summed E-state index contributed by atoms with van der Waals surface area (Å²) in [6.07, 6.45) is 5.01. The molecule has 9 aromatic rings. The summed E-state index contributed by atoms with van der Waals surface area (Å²) < 4.78 is 4.85. The molecule has 1 aliphatic carbocycles. The predicted molar refractivity (Wildman–Crippen MR) is 210 cm³/mol. The third-order valence-corrected chi connectivity index (χ3v) is 11.3. The Hall–Kier alpha value is -6.32. The van der Waals surface area contributed by atoms with E-state index < -0.39 is 0 Å². The standard InChI is InChI=1S/C47H33N3/c1-47-29-45-39(38-24-30-12-8-9-13-31(30)27-44(38)50(45)35-16-6-3-7-17-35)28-46(47)48-41-22-20-33(26-40(41)47)32-21-23-43-37(25-32)36-18-10-11-19-42(36)49(43)34-14-4-2-5-15-34/h2-29,46,48H,1H3. The molecule has 11 rings (SSSR count). The van der Waals surface area contributed by atoms with Crippen molar-refractivity contribution in [3.8, 4) is 22.5 Å². The van der Waals surface area contributed by atoms with Crippen molar-refractivity contribution in [3.05, 3.63) is 174 Å². The van der Waals surface area contributed by atoms with Crippen molar-refractivity contribution in [2.45, 2.75) is 18.4 Å². The summed E-state index contributed by atoms with van der Waals surface area (Å²) in [6, 6.07) is 57.8. The molecule has 236 valence electrons. The van der Waals surface area contributed by atoms with E-state index in [1.807, 2.05) is 0 Å². The summed E-state index contributed by atoms with van der Waals surface area (Å²) in [5.41, 5.74) is 10.8. The second kappa shape index (κ2) is 10.1. The minimum atomic E-state index is -0.230. The molecule has 0 saturated heterocycles. The van der Waals surface area contributed by atoms with E-state index in [0.717, 1.165) is 0 Å². The number of nitrogens with one attached hydrogen (secondary N) is 1. The lowest BCUT2D eigenvalue weighted by Crippen LogP contribution is -2.44. The summed E-state index contributed by atoms with van der Waals surface area (Å²) in [4.78, 5) is 0. The van der Waals surface area contributed by atoms with Crippen molar-refractivity contribution >= 4 is 61.3 Å². The number of fused-ring (bicyclic) bond motifs is 10. The zero-order chi connectivity index (χ0) is 33.0. The highest BCUT2D eigenvalue weighted by Gasteiger charge is 2.42. The van der Waals surface area contributed by atoms with Gasteiger partial charge in [0.25, 0.3) is 0 Å². The van der Waals surface area contributed by atoms with Crippen LogP contribution >= 0.6 is 0 Å². The zero-order valence-corrected chi connectivity index (χ0v) is 27.6. The van der Waals surface area contributed by atoms with Crippen LogP contribution in [-0.4, -0.2) is 15.2 Å². The Morgan fingerprint density at radius 3 is 1.96 bits per heavy atom. The van der Waals surface area contributed by atoms with E-state index in [-0.39, 0.29) is 11.5 Å². The summed E-state index contributed by atoms with van der Waals surface area (Å²) >= 11 is 0. The monoisotopic (exact) mass is 639 g/mol. The molecule has 3 heterocycles. The van der Waals surface area contributed by atoms with Gasteiger partial charge in [-0.3, -0.25) is 0 Å². The van der Waals surface area contributed by atoms with Crippen LogP contribution in [0.1, 0.15) is 12.5 Å². The summed E-state index contributed by atoms with van der Waals surface area (Å²) in [5.74, 6) is 0. The van der Waals surface area contributed by atoms with Crippen LogP contribution in [0.5, 0.6) is 0 Å². The average molecular weight is 640 g/mol. The van der Waals surface area contributed by atoms with Crippen molar-refractivity contribution in [1.29, 1.82) is 0 Å². The average Bonchev–Trinajstić information content (AvgIpc) is 3.76. The molecule has 1 N–H and O–H groups in total. The molecule has 2 aliphatic rings. The fraction of sp³-hybridized carbons (Fsp3) is 0.0638. The number of para-hydroxylation sites is 3. The van der Waals surface area contributed by atoms with Crippen molar-refractivity contribution < 1.29 is 0 Å². The lowest BCUT2D eigenvalue weighted by atomic mass is 9.75. The molecule has 7 aromatic carbocycles. The Morgan fingerprint density at radius 1 is 0.520 bits per heavy atom. The van der Waals surface area contributed by atoms with Gasteiger partial charge >= 0.3 is 0 Å². The van der Waals surface area contributed by atoms with Crippen LogP contribution < -0.4 is 15.9 Å². The molecule has 2 unspecified atom stereocenters. The maximum Gasteiger partial charge on any atom is 0.0584 e. The van der Waals surface area contributed by atoms with Crippen molar-refractivity contribution in [2.24, 2.45) is 0 Å². The SMILES string of the molecule is CC12C=c3c(c4cc5ccccc5cc4n3-c3ccccc3)=CC1Nc1ccc(-c3ccc4c(c3)c3ccccc3n4-c3ccccc3)cc12. The quantitative estimate of drug-likeness (QED) is 0.204. The second-order valence-corrected chi connectivity index (χ2v) is 14.1.